The van der Waals surface area contributed by atoms with E-state index in [1.54, 1.807) is 12.1 Å². The zero-order valence-corrected chi connectivity index (χ0v) is 11.4. The van der Waals surface area contributed by atoms with Crippen molar-refractivity contribution in [2.45, 2.75) is 26.3 Å². The molecule has 0 saturated carbocycles. The second-order valence-electron chi connectivity index (χ2n) is 4.44. The van der Waals surface area contributed by atoms with Crippen LogP contribution in [-0.2, 0) is 9.53 Å². The first-order chi connectivity index (χ1) is 8.95. The fourth-order valence-corrected chi connectivity index (χ4v) is 1.62. The first-order valence-electron chi connectivity index (χ1n) is 6.05. The molecule has 0 spiro atoms. The molecule has 0 heterocycles. The molecule has 0 aliphatic heterocycles. The summed E-state index contributed by atoms with van der Waals surface area (Å²) < 4.78 is 4.83. The molecule has 1 rings (SSSR count). The molecule has 1 aromatic rings. The van der Waals surface area contributed by atoms with Gasteiger partial charge in [-0.2, -0.15) is 0 Å². The van der Waals surface area contributed by atoms with Crippen molar-refractivity contribution in [3.63, 3.8) is 0 Å². The third kappa shape index (κ3) is 4.37. The number of rotatable bonds is 6. The number of carbonyl (C=O) groups excluding carboxylic acids is 1. The van der Waals surface area contributed by atoms with Crippen LogP contribution in [0.25, 0.3) is 0 Å². The molecule has 5 heteroatoms. The number of carbonyl (C=O) groups is 2. The van der Waals surface area contributed by atoms with Gasteiger partial charge >= 0.3 is 5.97 Å². The van der Waals surface area contributed by atoms with E-state index in [9.17, 15) is 9.59 Å². The minimum atomic E-state index is -1.06. The average Bonchev–Trinajstić information content (AvgIpc) is 2.37. The normalized spacial score (nSPS) is 11.9. The Bertz CT molecular complexity index is 471. The van der Waals surface area contributed by atoms with E-state index >= 15 is 0 Å². The largest absolute Gasteiger partial charge is 0.480 e. The molecule has 0 aliphatic rings. The van der Waals surface area contributed by atoms with Gasteiger partial charge in [0, 0.05) is 25.7 Å². The molecule has 0 aromatic heterocycles. The molecule has 1 amide bonds. The van der Waals surface area contributed by atoms with Crippen molar-refractivity contribution >= 4 is 11.9 Å². The van der Waals surface area contributed by atoms with Crippen molar-refractivity contribution in [3.05, 3.63) is 34.9 Å². The lowest BCUT2D eigenvalue weighted by molar-refractivity contribution is -0.139. The molecule has 2 N–H and O–H groups in total. The number of nitrogens with one attached hydrogen (secondary N) is 1. The van der Waals surface area contributed by atoms with Crippen LogP contribution in [-0.4, -0.2) is 36.7 Å². The topological polar surface area (TPSA) is 75.6 Å². The third-order valence-electron chi connectivity index (χ3n) is 2.98. The van der Waals surface area contributed by atoms with Crippen LogP contribution in [0.2, 0.25) is 0 Å². The maximum atomic E-state index is 12.0. The molecule has 0 aliphatic carbocycles. The van der Waals surface area contributed by atoms with Crippen LogP contribution >= 0.6 is 0 Å². The number of carboxylic acid groups (broad SMARTS) is 1. The van der Waals surface area contributed by atoms with Crippen molar-refractivity contribution in [1.29, 1.82) is 0 Å². The Morgan fingerprint density at radius 2 is 2.00 bits per heavy atom. The summed E-state index contributed by atoms with van der Waals surface area (Å²) in [6, 6.07) is 4.34. The van der Waals surface area contributed by atoms with Crippen molar-refractivity contribution in [1.82, 2.24) is 5.32 Å². The van der Waals surface area contributed by atoms with Gasteiger partial charge in [0.05, 0.1) is 0 Å². The molecule has 104 valence electrons. The molecule has 5 nitrogen and oxygen atoms in total. The monoisotopic (exact) mass is 265 g/mol. The van der Waals surface area contributed by atoms with Crippen LogP contribution in [0.5, 0.6) is 0 Å². The van der Waals surface area contributed by atoms with Crippen LogP contribution < -0.4 is 5.32 Å². The smallest absolute Gasteiger partial charge is 0.326 e. The fourth-order valence-electron chi connectivity index (χ4n) is 1.62. The van der Waals surface area contributed by atoms with Crippen molar-refractivity contribution < 1.29 is 19.4 Å². The summed E-state index contributed by atoms with van der Waals surface area (Å²) in [6.07, 6.45) is 0.239. The minimum absolute atomic E-state index is 0.239. The van der Waals surface area contributed by atoms with Gasteiger partial charge in [-0.1, -0.05) is 6.07 Å². The quantitative estimate of drug-likeness (QED) is 0.817. The molecule has 1 unspecified atom stereocenters. The number of hydrogen-bond donors (Lipinski definition) is 2. The molecule has 0 bridgehead atoms. The Balaban J connectivity index is 2.75. The number of aryl methyl sites for hydroxylation is 2. The molecule has 19 heavy (non-hydrogen) atoms. The predicted octanol–water partition coefficient (Wildman–Crippen LogP) is 1.52. The fraction of sp³-hybridized carbons (Fsp3) is 0.429. The van der Waals surface area contributed by atoms with Gasteiger partial charge in [-0.3, -0.25) is 4.79 Å². The second-order valence-corrected chi connectivity index (χ2v) is 4.44. The minimum Gasteiger partial charge on any atom is -0.480 e. The summed E-state index contributed by atoms with van der Waals surface area (Å²) in [7, 11) is 1.49. The number of ether oxygens (including phenoxy) is 1. The molecule has 0 radical (unpaired) electrons. The van der Waals surface area contributed by atoms with E-state index in [0.29, 0.717) is 5.56 Å². The summed E-state index contributed by atoms with van der Waals surface area (Å²) in [5.41, 5.74) is 2.55. The van der Waals surface area contributed by atoms with Gasteiger partial charge in [-0.25, -0.2) is 4.79 Å². The van der Waals surface area contributed by atoms with E-state index in [0.717, 1.165) is 11.1 Å². The van der Waals surface area contributed by atoms with Gasteiger partial charge in [0.25, 0.3) is 5.91 Å². The molecule has 0 saturated heterocycles. The van der Waals surface area contributed by atoms with E-state index in [4.69, 9.17) is 9.84 Å². The van der Waals surface area contributed by atoms with Gasteiger partial charge in [-0.15, -0.1) is 0 Å². The molecular weight excluding hydrogens is 246 g/mol. The van der Waals surface area contributed by atoms with Gasteiger partial charge in [-0.05, 0) is 37.1 Å². The molecule has 0 fully saturated rings. The van der Waals surface area contributed by atoms with Crippen molar-refractivity contribution in [3.8, 4) is 0 Å². The highest BCUT2D eigenvalue weighted by molar-refractivity contribution is 5.96. The summed E-state index contributed by atoms with van der Waals surface area (Å²) in [4.78, 5) is 23.0. The van der Waals surface area contributed by atoms with Crippen LogP contribution in [0.4, 0.5) is 0 Å². The van der Waals surface area contributed by atoms with Crippen molar-refractivity contribution in [2.24, 2.45) is 0 Å². The van der Waals surface area contributed by atoms with Gasteiger partial charge < -0.3 is 15.2 Å². The number of hydrogen-bond acceptors (Lipinski definition) is 3. The lowest BCUT2D eigenvalue weighted by atomic mass is 10.1. The van der Waals surface area contributed by atoms with Crippen molar-refractivity contribution in [2.75, 3.05) is 13.7 Å². The Morgan fingerprint density at radius 1 is 1.32 bits per heavy atom. The predicted molar refractivity (Wildman–Crippen MR) is 71.3 cm³/mol. The molecule has 1 aromatic carbocycles. The highest BCUT2D eigenvalue weighted by Crippen LogP contribution is 2.10. The standard InChI is InChI=1S/C14H19NO4/c1-9-4-5-11(8-10(9)2)13(16)15-12(14(17)18)6-7-19-3/h4-5,8,12H,6-7H2,1-3H3,(H,15,16)(H,17,18). The highest BCUT2D eigenvalue weighted by Gasteiger charge is 2.20. The van der Waals surface area contributed by atoms with Gasteiger partial charge in [0.2, 0.25) is 0 Å². The molecular formula is C14H19NO4. The molecule has 1 atom stereocenters. The van der Waals surface area contributed by atoms with Crippen LogP contribution in [0.15, 0.2) is 18.2 Å². The average molecular weight is 265 g/mol. The summed E-state index contributed by atoms with van der Waals surface area (Å²) in [5.74, 6) is -1.44. The zero-order valence-electron chi connectivity index (χ0n) is 11.4. The van der Waals surface area contributed by atoms with E-state index < -0.39 is 12.0 Å². The Kier molecular flexibility index (Phi) is 5.51. The summed E-state index contributed by atoms with van der Waals surface area (Å²) in [5, 5.41) is 11.5. The maximum absolute atomic E-state index is 12.0. The van der Waals surface area contributed by atoms with Crippen LogP contribution in [0, 0.1) is 13.8 Å². The lowest BCUT2D eigenvalue weighted by Gasteiger charge is -2.14. The Labute approximate surface area is 112 Å². The summed E-state index contributed by atoms with van der Waals surface area (Å²) in [6.45, 7) is 4.14. The van der Waals surface area contributed by atoms with E-state index in [1.807, 2.05) is 19.9 Å². The number of amides is 1. The van der Waals surface area contributed by atoms with Gasteiger partial charge in [0.15, 0.2) is 0 Å². The lowest BCUT2D eigenvalue weighted by Crippen LogP contribution is -2.41. The maximum Gasteiger partial charge on any atom is 0.326 e. The number of aliphatic carboxylic acids is 1. The Morgan fingerprint density at radius 3 is 2.53 bits per heavy atom. The van der Waals surface area contributed by atoms with E-state index in [2.05, 4.69) is 5.32 Å². The number of carboxylic acids is 1. The zero-order chi connectivity index (χ0) is 14.4. The summed E-state index contributed by atoms with van der Waals surface area (Å²) >= 11 is 0. The van der Waals surface area contributed by atoms with Gasteiger partial charge in [0.1, 0.15) is 6.04 Å². The first-order valence-corrected chi connectivity index (χ1v) is 6.05. The third-order valence-corrected chi connectivity index (χ3v) is 2.98. The highest BCUT2D eigenvalue weighted by atomic mass is 16.5. The van der Waals surface area contributed by atoms with Crippen LogP contribution in [0.1, 0.15) is 27.9 Å². The van der Waals surface area contributed by atoms with Crippen LogP contribution in [0.3, 0.4) is 0 Å². The number of methoxy groups -OCH3 is 1. The first kappa shape index (κ1) is 15.2. The number of benzene rings is 1. The Hall–Kier alpha value is -1.88. The second kappa shape index (κ2) is 6.89. The van der Waals surface area contributed by atoms with E-state index in [1.165, 1.54) is 7.11 Å². The SMILES string of the molecule is COCCC(NC(=O)c1ccc(C)c(C)c1)C(=O)O. The van der Waals surface area contributed by atoms with E-state index in [-0.39, 0.29) is 18.9 Å².